The van der Waals surface area contributed by atoms with Gasteiger partial charge >= 0.3 is 6.18 Å². The molecule has 0 aliphatic rings. The smallest absolute Gasteiger partial charge is 0.416 e. The molecule has 1 aromatic heterocycles. The number of furan rings is 1. The Labute approximate surface area is 123 Å². The Morgan fingerprint density at radius 1 is 1.24 bits per heavy atom. The van der Waals surface area contributed by atoms with Crippen LogP contribution in [0.4, 0.5) is 13.2 Å². The maximum atomic E-state index is 12.5. The van der Waals surface area contributed by atoms with E-state index in [0.29, 0.717) is 5.56 Å². The van der Waals surface area contributed by atoms with E-state index in [4.69, 9.17) is 16.0 Å². The first kappa shape index (κ1) is 15.4. The highest BCUT2D eigenvalue weighted by molar-refractivity contribution is 6.32. The van der Waals surface area contributed by atoms with Gasteiger partial charge in [-0.1, -0.05) is 12.1 Å². The molecule has 3 nitrogen and oxygen atoms in total. The van der Waals surface area contributed by atoms with E-state index >= 15 is 0 Å². The van der Waals surface area contributed by atoms with E-state index in [-0.39, 0.29) is 23.2 Å². The Bertz CT molecular complexity index is 634. The number of carbonyl (C=O) groups is 1. The summed E-state index contributed by atoms with van der Waals surface area (Å²) >= 11 is 5.71. The van der Waals surface area contributed by atoms with E-state index in [1.807, 2.05) is 0 Å². The Morgan fingerprint density at radius 2 is 1.86 bits per heavy atom. The Hall–Kier alpha value is -1.95. The van der Waals surface area contributed by atoms with Crippen LogP contribution in [0, 0.1) is 0 Å². The third-order valence-corrected chi connectivity index (χ3v) is 3.19. The van der Waals surface area contributed by atoms with Crippen LogP contribution in [-0.4, -0.2) is 17.9 Å². The molecule has 0 saturated carbocycles. The van der Waals surface area contributed by atoms with Crippen molar-refractivity contribution >= 4 is 17.5 Å². The Kier molecular flexibility index (Phi) is 4.27. The number of hydrogen-bond donors (Lipinski definition) is 0. The normalized spacial score (nSPS) is 11.5. The van der Waals surface area contributed by atoms with E-state index < -0.39 is 11.7 Å². The van der Waals surface area contributed by atoms with Crippen molar-refractivity contribution in [2.45, 2.75) is 12.7 Å². The molecule has 21 heavy (non-hydrogen) atoms. The van der Waals surface area contributed by atoms with Crippen LogP contribution in [0.1, 0.15) is 21.5 Å². The summed E-state index contributed by atoms with van der Waals surface area (Å²) < 4.78 is 42.2. The van der Waals surface area contributed by atoms with Gasteiger partial charge in [0.2, 0.25) is 5.22 Å². The van der Waals surface area contributed by atoms with Crippen molar-refractivity contribution in [1.82, 2.24) is 4.90 Å². The summed E-state index contributed by atoms with van der Waals surface area (Å²) in [6.45, 7) is 0.165. The highest BCUT2D eigenvalue weighted by Crippen LogP contribution is 2.29. The molecule has 1 heterocycles. The summed E-state index contributed by atoms with van der Waals surface area (Å²) in [5.41, 5.74) is 0.0719. The van der Waals surface area contributed by atoms with E-state index in [2.05, 4.69) is 0 Å². The highest BCUT2D eigenvalue weighted by Gasteiger charge is 2.30. The topological polar surface area (TPSA) is 33.5 Å². The predicted octanol–water partition coefficient (Wildman–Crippen LogP) is 4.22. The van der Waals surface area contributed by atoms with Crippen LogP contribution in [-0.2, 0) is 12.7 Å². The zero-order valence-corrected chi connectivity index (χ0v) is 11.7. The average Bonchev–Trinajstić information content (AvgIpc) is 2.83. The number of benzene rings is 1. The molecular formula is C14H11ClF3NO2. The van der Waals surface area contributed by atoms with Crippen LogP contribution < -0.4 is 0 Å². The molecule has 0 radical (unpaired) electrons. The van der Waals surface area contributed by atoms with Gasteiger partial charge in [0.15, 0.2) is 0 Å². The molecule has 7 heteroatoms. The first-order chi connectivity index (χ1) is 9.79. The fraction of sp³-hybridized carbons (Fsp3) is 0.214. The molecular weight excluding hydrogens is 307 g/mol. The molecule has 2 aromatic rings. The number of hydrogen-bond acceptors (Lipinski definition) is 2. The lowest BCUT2D eigenvalue weighted by atomic mass is 10.1. The van der Waals surface area contributed by atoms with Crippen LogP contribution >= 0.6 is 11.6 Å². The minimum Gasteiger partial charge on any atom is -0.452 e. The predicted molar refractivity (Wildman–Crippen MR) is 71.0 cm³/mol. The number of carbonyl (C=O) groups excluding carboxylic acids is 1. The van der Waals surface area contributed by atoms with Crippen LogP contribution in [0.25, 0.3) is 0 Å². The average molecular weight is 318 g/mol. The van der Waals surface area contributed by atoms with Crippen molar-refractivity contribution in [3.05, 3.63) is 58.5 Å². The third-order valence-electron chi connectivity index (χ3n) is 2.90. The molecule has 0 fully saturated rings. The summed E-state index contributed by atoms with van der Waals surface area (Å²) in [5.74, 6) is -0.367. The minimum atomic E-state index is -4.37. The van der Waals surface area contributed by atoms with Gasteiger partial charge in [-0.05, 0) is 35.4 Å². The molecule has 1 amide bonds. The molecule has 0 N–H and O–H groups in total. The van der Waals surface area contributed by atoms with Gasteiger partial charge in [-0.25, -0.2) is 0 Å². The Morgan fingerprint density at radius 3 is 2.33 bits per heavy atom. The summed E-state index contributed by atoms with van der Waals surface area (Å²) in [6.07, 6.45) is -3.08. The second-order valence-electron chi connectivity index (χ2n) is 4.46. The zero-order chi connectivity index (χ0) is 15.6. The van der Waals surface area contributed by atoms with Gasteiger partial charge in [0, 0.05) is 13.6 Å². The SMILES string of the molecule is CN(Cc1ccc(C(F)(F)F)cc1)C(=O)c1ccoc1Cl. The van der Waals surface area contributed by atoms with Crippen molar-refractivity contribution in [3.8, 4) is 0 Å². The zero-order valence-electron chi connectivity index (χ0n) is 10.9. The minimum absolute atomic E-state index is 0.0146. The van der Waals surface area contributed by atoms with Crippen molar-refractivity contribution in [3.63, 3.8) is 0 Å². The molecule has 112 valence electrons. The van der Waals surface area contributed by atoms with Crippen molar-refractivity contribution in [1.29, 1.82) is 0 Å². The second-order valence-corrected chi connectivity index (χ2v) is 4.81. The number of rotatable bonds is 3. The van der Waals surface area contributed by atoms with Crippen LogP contribution in [0.2, 0.25) is 5.22 Å². The van der Waals surface area contributed by atoms with E-state index in [9.17, 15) is 18.0 Å². The summed E-state index contributed by atoms with van der Waals surface area (Å²) in [4.78, 5) is 13.4. The fourth-order valence-electron chi connectivity index (χ4n) is 1.80. The monoisotopic (exact) mass is 317 g/mol. The molecule has 0 aliphatic carbocycles. The van der Waals surface area contributed by atoms with Crippen molar-refractivity contribution in [2.75, 3.05) is 7.05 Å². The van der Waals surface area contributed by atoms with Crippen LogP contribution in [0.15, 0.2) is 41.0 Å². The van der Waals surface area contributed by atoms with Gasteiger partial charge < -0.3 is 9.32 Å². The van der Waals surface area contributed by atoms with Gasteiger partial charge in [-0.15, -0.1) is 0 Å². The van der Waals surface area contributed by atoms with Crippen molar-refractivity contribution in [2.24, 2.45) is 0 Å². The Balaban J connectivity index is 2.08. The molecule has 0 spiro atoms. The second kappa shape index (κ2) is 5.81. The van der Waals surface area contributed by atoms with Crippen molar-refractivity contribution < 1.29 is 22.4 Å². The number of halogens is 4. The lowest BCUT2D eigenvalue weighted by molar-refractivity contribution is -0.137. The molecule has 0 saturated heterocycles. The van der Waals surface area contributed by atoms with E-state index in [1.165, 1.54) is 36.4 Å². The van der Waals surface area contributed by atoms with E-state index in [1.54, 1.807) is 0 Å². The lowest BCUT2D eigenvalue weighted by Gasteiger charge is -2.17. The summed E-state index contributed by atoms with van der Waals surface area (Å²) in [5, 5.41) is -0.0146. The van der Waals surface area contributed by atoms with Gasteiger partial charge in [-0.2, -0.15) is 13.2 Å². The number of alkyl halides is 3. The molecule has 0 aliphatic heterocycles. The maximum Gasteiger partial charge on any atom is 0.416 e. The van der Waals surface area contributed by atoms with Crippen LogP contribution in [0.5, 0.6) is 0 Å². The first-order valence-corrected chi connectivity index (χ1v) is 6.31. The molecule has 0 atom stereocenters. The standard InChI is InChI=1S/C14H11ClF3NO2/c1-19(13(20)11-6-7-21-12(11)15)8-9-2-4-10(5-3-9)14(16,17)18/h2-7H,8H2,1H3. The number of amides is 1. The first-order valence-electron chi connectivity index (χ1n) is 5.93. The fourth-order valence-corrected chi connectivity index (χ4v) is 1.99. The van der Waals surface area contributed by atoms with Gasteiger partial charge in [-0.3, -0.25) is 4.79 Å². The molecule has 2 rings (SSSR count). The van der Waals surface area contributed by atoms with Gasteiger partial charge in [0.05, 0.1) is 17.4 Å². The quantitative estimate of drug-likeness (QED) is 0.849. The summed E-state index contributed by atoms with van der Waals surface area (Å²) in [7, 11) is 1.53. The largest absolute Gasteiger partial charge is 0.452 e. The van der Waals surface area contributed by atoms with Gasteiger partial charge in [0.1, 0.15) is 0 Å². The lowest BCUT2D eigenvalue weighted by Crippen LogP contribution is -2.26. The number of nitrogens with zero attached hydrogens (tertiary/aromatic N) is 1. The summed E-state index contributed by atoms with van der Waals surface area (Å²) in [6, 6.07) is 6.08. The van der Waals surface area contributed by atoms with E-state index in [0.717, 1.165) is 12.1 Å². The van der Waals surface area contributed by atoms with Gasteiger partial charge in [0.25, 0.3) is 5.91 Å². The maximum absolute atomic E-state index is 12.5. The molecule has 0 bridgehead atoms. The third kappa shape index (κ3) is 3.58. The van der Waals surface area contributed by atoms with Crippen LogP contribution in [0.3, 0.4) is 0 Å². The highest BCUT2D eigenvalue weighted by atomic mass is 35.5. The molecule has 0 unspecified atom stereocenters. The molecule has 1 aromatic carbocycles.